The summed E-state index contributed by atoms with van der Waals surface area (Å²) in [5.41, 5.74) is 1.93. The van der Waals surface area contributed by atoms with Crippen molar-refractivity contribution in [2.24, 2.45) is 0 Å². The second-order valence-corrected chi connectivity index (χ2v) is 4.71. The van der Waals surface area contributed by atoms with Gasteiger partial charge in [0.05, 0.1) is 6.54 Å². The molecule has 1 aromatic heterocycles. The van der Waals surface area contributed by atoms with Crippen molar-refractivity contribution >= 4 is 11.6 Å². The summed E-state index contributed by atoms with van der Waals surface area (Å²) in [6, 6.07) is 10.4. The van der Waals surface area contributed by atoms with Crippen molar-refractivity contribution in [1.29, 1.82) is 0 Å². The third-order valence-electron chi connectivity index (χ3n) is 3.11. The van der Waals surface area contributed by atoms with E-state index in [-0.39, 0.29) is 18.3 Å². The minimum atomic E-state index is -0.323. The van der Waals surface area contributed by atoms with E-state index in [4.69, 9.17) is 0 Å². The number of rotatable bonds is 6. The molecule has 0 aliphatic carbocycles. The maximum absolute atomic E-state index is 13.4. The second kappa shape index (κ2) is 7.50. The maximum Gasteiger partial charge on any atom is 0.238 e. The molecule has 110 valence electrons. The molecule has 0 aliphatic rings. The molecule has 0 bridgehead atoms. The highest BCUT2D eigenvalue weighted by molar-refractivity contribution is 5.92. The first-order valence-corrected chi connectivity index (χ1v) is 6.82. The molecule has 2 aromatic rings. The highest BCUT2D eigenvalue weighted by atomic mass is 19.1. The van der Waals surface area contributed by atoms with Crippen molar-refractivity contribution < 1.29 is 9.18 Å². The molecule has 1 aromatic carbocycles. The van der Waals surface area contributed by atoms with Gasteiger partial charge in [-0.25, -0.2) is 4.39 Å². The Hall–Kier alpha value is -2.27. The van der Waals surface area contributed by atoms with Gasteiger partial charge in [-0.15, -0.1) is 0 Å². The zero-order valence-electron chi connectivity index (χ0n) is 11.9. The normalized spacial score (nSPS) is 10.4. The third kappa shape index (κ3) is 4.65. The predicted molar refractivity (Wildman–Crippen MR) is 80.6 cm³/mol. The van der Waals surface area contributed by atoms with Crippen LogP contribution in [0.3, 0.4) is 0 Å². The second-order valence-electron chi connectivity index (χ2n) is 4.71. The molecule has 0 radical (unpaired) electrons. The molecule has 0 unspecified atom stereocenters. The van der Waals surface area contributed by atoms with Gasteiger partial charge < -0.3 is 10.6 Å². The number of amides is 1. The highest BCUT2D eigenvalue weighted by Gasteiger charge is 2.07. The van der Waals surface area contributed by atoms with Crippen LogP contribution in [-0.4, -0.2) is 24.0 Å². The van der Waals surface area contributed by atoms with E-state index in [2.05, 4.69) is 15.6 Å². The van der Waals surface area contributed by atoms with E-state index >= 15 is 0 Å². The van der Waals surface area contributed by atoms with Gasteiger partial charge >= 0.3 is 0 Å². The van der Waals surface area contributed by atoms with E-state index in [1.165, 1.54) is 6.07 Å². The van der Waals surface area contributed by atoms with Crippen molar-refractivity contribution in [3.05, 3.63) is 59.7 Å². The van der Waals surface area contributed by atoms with Crippen molar-refractivity contribution in [3.8, 4) is 0 Å². The number of pyridine rings is 1. The molecule has 0 saturated heterocycles. The summed E-state index contributed by atoms with van der Waals surface area (Å²) in [6.07, 6.45) is 2.50. The fraction of sp³-hybridized carbons (Fsp3) is 0.250. The number of carbonyl (C=O) groups excluding carboxylic acids is 1. The van der Waals surface area contributed by atoms with Crippen LogP contribution >= 0.6 is 0 Å². The fourth-order valence-electron chi connectivity index (χ4n) is 1.90. The number of aromatic nitrogens is 1. The van der Waals surface area contributed by atoms with Crippen LogP contribution in [0.1, 0.15) is 11.3 Å². The summed E-state index contributed by atoms with van der Waals surface area (Å²) in [5.74, 6) is -0.513. The van der Waals surface area contributed by atoms with Crippen LogP contribution in [-0.2, 0) is 11.2 Å². The zero-order valence-corrected chi connectivity index (χ0v) is 11.9. The molecule has 2 rings (SSSR count). The third-order valence-corrected chi connectivity index (χ3v) is 3.11. The molecule has 1 heterocycles. The van der Waals surface area contributed by atoms with Gasteiger partial charge in [0.15, 0.2) is 0 Å². The van der Waals surface area contributed by atoms with E-state index in [0.717, 1.165) is 12.1 Å². The lowest BCUT2D eigenvalue weighted by atomic mass is 10.2. The molecule has 0 saturated carbocycles. The minimum Gasteiger partial charge on any atom is -0.325 e. The van der Waals surface area contributed by atoms with Gasteiger partial charge in [0.2, 0.25) is 5.91 Å². The fourth-order valence-corrected chi connectivity index (χ4v) is 1.90. The lowest BCUT2D eigenvalue weighted by Gasteiger charge is -2.09. The van der Waals surface area contributed by atoms with Crippen LogP contribution < -0.4 is 10.6 Å². The number of hydrogen-bond donors (Lipinski definition) is 2. The first kappa shape index (κ1) is 15.1. The summed E-state index contributed by atoms with van der Waals surface area (Å²) in [6.45, 7) is 2.48. The maximum atomic E-state index is 13.4. The van der Waals surface area contributed by atoms with Crippen molar-refractivity contribution in [3.63, 3.8) is 0 Å². The largest absolute Gasteiger partial charge is 0.325 e. The molecule has 0 atom stereocenters. The Morgan fingerprint density at radius 3 is 2.86 bits per heavy atom. The Kier molecular flexibility index (Phi) is 5.40. The van der Waals surface area contributed by atoms with Gasteiger partial charge in [0.25, 0.3) is 0 Å². The molecule has 4 nitrogen and oxygen atoms in total. The van der Waals surface area contributed by atoms with Crippen LogP contribution in [0.2, 0.25) is 0 Å². The van der Waals surface area contributed by atoms with E-state index < -0.39 is 0 Å². The van der Waals surface area contributed by atoms with Gasteiger partial charge in [-0.1, -0.05) is 12.1 Å². The van der Waals surface area contributed by atoms with E-state index in [1.54, 1.807) is 25.3 Å². The van der Waals surface area contributed by atoms with Crippen LogP contribution in [0.4, 0.5) is 10.1 Å². The number of carbonyl (C=O) groups is 1. The Bertz CT molecular complexity index is 602. The summed E-state index contributed by atoms with van der Waals surface area (Å²) in [7, 11) is 0. The average molecular weight is 287 g/mol. The molecular weight excluding hydrogens is 269 g/mol. The number of nitrogens with one attached hydrogen (secondary N) is 2. The van der Waals surface area contributed by atoms with Gasteiger partial charge in [-0.2, -0.15) is 0 Å². The van der Waals surface area contributed by atoms with Gasteiger partial charge in [-0.05, 0) is 31.2 Å². The molecule has 1 amide bonds. The number of benzene rings is 1. The average Bonchev–Trinajstić information content (AvgIpc) is 2.49. The van der Waals surface area contributed by atoms with Crippen LogP contribution in [0.15, 0.2) is 42.6 Å². The lowest BCUT2D eigenvalue weighted by Crippen LogP contribution is -2.29. The molecule has 21 heavy (non-hydrogen) atoms. The Balaban J connectivity index is 1.74. The van der Waals surface area contributed by atoms with Crippen LogP contribution in [0.25, 0.3) is 0 Å². The van der Waals surface area contributed by atoms with E-state index in [9.17, 15) is 9.18 Å². The van der Waals surface area contributed by atoms with Gasteiger partial charge in [0.1, 0.15) is 5.82 Å². The summed E-state index contributed by atoms with van der Waals surface area (Å²) < 4.78 is 13.4. The quantitative estimate of drug-likeness (QED) is 0.802. The highest BCUT2D eigenvalue weighted by Crippen LogP contribution is 2.16. The Morgan fingerprint density at radius 2 is 2.10 bits per heavy atom. The summed E-state index contributed by atoms with van der Waals surface area (Å²) >= 11 is 0. The van der Waals surface area contributed by atoms with Crippen LogP contribution in [0.5, 0.6) is 0 Å². The SMILES string of the molecule is Cc1c(F)cccc1NC(=O)CNCCc1ccccn1. The monoisotopic (exact) mass is 287 g/mol. The van der Waals surface area contributed by atoms with Gasteiger partial charge in [0, 0.05) is 36.1 Å². The number of hydrogen-bond acceptors (Lipinski definition) is 3. The standard InChI is InChI=1S/C16H18FN3O/c1-12-14(17)6-4-7-15(12)20-16(21)11-18-10-8-13-5-2-3-9-19-13/h2-7,9,18H,8,10-11H2,1H3,(H,20,21). The van der Waals surface area contributed by atoms with Crippen molar-refractivity contribution in [2.75, 3.05) is 18.4 Å². The number of halogens is 1. The predicted octanol–water partition coefficient (Wildman–Crippen LogP) is 2.30. The summed E-state index contributed by atoms with van der Waals surface area (Å²) in [4.78, 5) is 16.0. The molecule has 5 heteroatoms. The topological polar surface area (TPSA) is 54.0 Å². The summed E-state index contributed by atoms with van der Waals surface area (Å²) in [5, 5.41) is 5.73. The first-order valence-electron chi connectivity index (χ1n) is 6.82. The molecule has 0 spiro atoms. The molecule has 0 fully saturated rings. The molecule has 0 aliphatic heterocycles. The van der Waals surface area contributed by atoms with Crippen molar-refractivity contribution in [1.82, 2.24) is 10.3 Å². The minimum absolute atomic E-state index is 0.183. The van der Waals surface area contributed by atoms with E-state index in [0.29, 0.717) is 17.8 Å². The first-order chi connectivity index (χ1) is 10.2. The number of nitrogens with zero attached hydrogens (tertiary/aromatic N) is 1. The Labute approximate surface area is 123 Å². The smallest absolute Gasteiger partial charge is 0.238 e. The molecule has 2 N–H and O–H groups in total. The number of anilines is 1. The van der Waals surface area contributed by atoms with E-state index in [1.807, 2.05) is 18.2 Å². The lowest BCUT2D eigenvalue weighted by molar-refractivity contribution is -0.115. The van der Waals surface area contributed by atoms with Crippen LogP contribution in [0, 0.1) is 12.7 Å². The van der Waals surface area contributed by atoms with Gasteiger partial charge in [-0.3, -0.25) is 9.78 Å². The Morgan fingerprint density at radius 1 is 1.24 bits per heavy atom. The zero-order chi connectivity index (χ0) is 15.1. The molecular formula is C16H18FN3O. The van der Waals surface area contributed by atoms with Crippen molar-refractivity contribution in [2.45, 2.75) is 13.3 Å².